The Morgan fingerprint density at radius 3 is 2.54 bits per heavy atom. The number of pyridine rings is 2. The lowest BCUT2D eigenvalue weighted by molar-refractivity contribution is -0.154. The summed E-state index contributed by atoms with van der Waals surface area (Å²) in [6, 6.07) is 11.3. The highest BCUT2D eigenvalue weighted by molar-refractivity contribution is 5.70. The summed E-state index contributed by atoms with van der Waals surface area (Å²) in [5.74, 6) is -0.433. The molecule has 0 aromatic carbocycles. The van der Waals surface area contributed by atoms with Gasteiger partial charge in [-0.05, 0) is 24.3 Å². The van der Waals surface area contributed by atoms with Gasteiger partial charge in [-0.25, -0.2) is 4.79 Å². The molecule has 2 saturated heterocycles. The first kappa shape index (κ1) is 18.9. The standard InChI is InChI=1S/C20H23N3O5/c24-18(26-10-15-6-2-4-8-22-15)13-25-17-12-28-19-16(11-27-20(17)19)23-9-14-5-1-3-7-21-14/h1-8,16-17,19-20,23H,9-13H2/t16-,17-,19-,20+/m1/s1. The average Bonchev–Trinajstić information content (AvgIpc) is 3.33. The minimum atomic E-state index is -0.433. The van der Waals surface area contributed by atoms with E-state index >= 15 is 0 Å². The van der Waals surface area contributed by atoms with Crippen LogP contribution in [0, 0.1) is 0 Å². The highest BCUT2D eigenvalue weighted by atomic mass is 16.6. The molecule has 0 aliphatic carbocycles. The molecule has 4 atom stereocenters. The Balaban J connectivity index is 1.19. The molecule has 2 aliphatic heterocycles. The first-order chi connectivity index (χ1) is 13.8. The first-order valence-electron chi connectivity index (χ1n) is 9.33. The maximum absolute atomic E-state index is 11.9. The van der Waals surface area contributed by atoms with Crippen molar-refractivity contribution in [2.45, 2.75) is 37.5 Å². The van der Waals surface area contributed by atoms with Gasteiger partial charge in [-0.2, -0.15) is 0 Å². The molecule has 0 unspecified atom stereocenters. The van der Waals surface area contributed by atoms with Crippen LogP contribution in [0.5, 0.6) is 0 Å². The van der Waals surface area contributed by atoms with Crippen LogP contribution in [0.4, 0.5) is 0 Å². The van der Waals surface area contributed by atoms with Crippen LogP contribution in [0.3, 0.4) is 0 Å². The second kappa shape index (κ2) is 9.20. The Bertz CT molecular complexity index is 761. The minimum absolute atomic E-state index is 0.0664. The molecule has 8 nitrogen and oxygen atoms in total. The van der Waals surface area contributed by atoms with Gasteiger partial charge in [0.15, 0.2) is 0 Å². The van der Waals surface area contributed by atoms with Crippen molar-refractivity contribution in [3.05, 3.63) is 60.2 Å². The number of rotatable bonds is 8. The van der Waals surface area contributed by atoms with Crippen LogP contribution >= 0.6 is 0 Å². The van der Waals surface area contributed by atoms with Crippen molar-refractivity contribution >= 4 is 5.97 Å². The summed E-state index contributed by atoms with van der Waals surface area (Å²) in [6.45, 7) is 1.56. The number of nitrogens with one attached hydrogen (secondary N) is 1. The molecule has 2 aromatic rings. The van der Waals surface area contributed by atoms with Crippen molar-refractivity contribution in [3.63, 3.8) is 0 Å². The van der Waals surface area contributed by atoms with Crippen molar-refractivity contribution in [1.29, 1.82) is 0 Å². The first-order valence-corrected chi connectivity index (χ1v) is 9.33. The van der Waals surface area contributed by atoms with Crippen LogP contribution in [0.25, 0.3) is 0 Å². The van der Waals surface area contributed by atoms with Gasteiger partial charge in [0.25, 0.3) is 0 Å². The number of nitrogens with zero attached hydrogens (tertiary/aromatic N) is 2. The van der Waals surface area contributed by atoms with Crippen LogP contribution in [0.15, 0.2) is 48.8 Å². The largest absolute Gasteiger partial charge is 0.457 e. The zero-order valence-electron chi connectivity index (χ0n) is 15.4. The van der Waals surface area contributed by atoms with Gasteiger partial charge in [-0.15, -0.1) is 0 Å². The van der Waals surface area contributed by atoms with Gasteiger partial charge in [0.1, 0.15) is 31.5 Å². The zero-order chi connectivity index (χ0) is 19.2. The summed E-state index contributed by atoms with van der Waals surface area (Å²) in [7, 11) is 0. The predicted octanol–water partition coefficient (Wildman–Crippen LogP) is 0.861. The third kappa shape index (κ3) is 4.71. The van der Waals surface area contributed by atoms with Crippen LogP contribution in [-0.4, -0.2) is 60.1 Å². The lowest BCUT2D eigenvalue weighted by atomic mass is 10.1. The molecule has 4 heterocycles. The monoisotopic (exact) mass is 385 g/mol. The van der Waals surface area contributed by atoms with Gasteiger partial charge in [0.2, 0.25) is 0 Å². The van der Waals surface area contributed by atoms with Crippen molar-refractivity contribution in [3.8, 4) is 0 Å². The van der Waals surface area contributed by atoms with Crippen molar-refractivity contribution in [2.24, 2.45) is 0 Å². The number of esters is 1. The van der Waals surface area contributed by atoms with Crippen LogP contribution in [0.1, 0.15) is 11.4 Å². The number of aromatic nitrogens is 2. The quantitative estimate of drug-likeness (QED) is 0.669. The fourth-order valence-corrected chi connectivity index (χ4v) is 3.38. The van der Waals surface area contributed by atoms with Crippen molar-refractivity contribution in [1.82, 2.24) is 15.3 Å². The van der Waals surface area contributed by atoms with Crippen molar-refractivity contribution < 1.29 is 23.7 Å². The average molecular weight is 385 g/mol. The van der Waals surface area contributed by atoms with E-state index in [1.54, 1.807) is 18.5 Å². The lowest BCUT2D eigenvalue weighted by Gasteiger charge is -2.17. The van der Waals surface area contributed by atoms with E-state index in [1.165, 1.54) is 0 Å². The third-order valence-electron chi connectivity index (χ3n) is 4.80. The molecule has 2 aromatic heterocycles. The molecule has 8 heteroatoms. The normalized spacial score (nSPS) is 26.1. The van der Waals surface area contributed by atoms with E-state index in [0.29, 0.717) is 25.5 Å². The SMILES string of the molecule is O=C(CO[C@@H]1CO[C@H]2[C@H]1OC[C@H]2NCc1ccccn1)OCc1ccccn1. The predicted molar refractivity (Wildman–Crippen MR) is 98.1 cm³/mol. The molecule has 0 saturated carbocycles. The lowest BCUT2D eigenvalue weighted by Crippen LogP contribution is -2.41. The van der Waals surface area contributed by atoms with E-state index in [1.807, 2.05) is 30.3 Å². The maximum Gasteiger partial charge on any atom is 0.332 e. The number of hydrogen-bond donors (Lipinski definition) is 1. The van der Waals surface area contributed by atoms with E-state index in [9.17, 15) is 4.79 Å². The highest BCUT2D eigenvalue weighted by Gasteiger charge is 2.48. The smallest absolute Gasteiger partial charge is 0.332 e. The molecule has 0 amide bonds. The summed E-state index contributed by atoms with van der Waals surface area (Å²) >= 11 is 0. The highest BCUT2D eigenvalue weighted by Crippen LogP contribution is 2.29. The molecular weight excluding hydrogens is 362 g/mol. The van der Waals surface area contributed by atoms with Gasteiger partial charge in [0, 0.05) is 18.9 Å². The molecule has 2 fully saturated rings. The molecule has 28 heavy (non-hydrogen) atoms. The van der Waals surface area contributed by atoms with E-state index < -0.39 is 5.97 Å². The molecule has 148 valence electrons. The van der Waals surface area contributed by atoms with Gasteiger partial charge in [-0.1, -0.05) is 12.1 Å². The molecule has 2 aliphatic rings. The number of fused-ring (bicyclic) bond motifs is 1. The summed E-state index contributed by atoms with van der Waals surface area (Å²) < 4.78 is 22.6. The van der Waals surface area contributed by atoms with Crippen molar-refractivity contribution in [2.75, 3.05) is 19.8 Å². The fraction of sp³-hybridized carbons (Fsp3) is 0.450. The molecular formula is C20H23N3O5. The van der Waals surface area contributed by atoms with Gasteiger partial charge in [-0.3, -0.25) is 9.97 Å². The van der Waals surface area contributed by atoms with E-state index in [-0.39, 0.29) is 37.6 Å². The van der Waals surface area contributed by atoms with Crippen LogP contribution in [-0.2, 0) is 36.9 Å². The summed E-state index contributed by atoms with van der Waals surface area (Å²) in [6.07, 6.45) is 2.86. The second-order valence-electron chi connectivity index (χ2n) is 6.74. The van der Waals surface area contributed by atoms with Crippen LogP contribution in [0.2, 0.25) is 0 Å². The fourth-order valence-electron chi connectivity index (χ4n) is 3.38. The molecule has 4 rings (SSSR count). The zero-order valence-corrected chi connectivity index (χ0v) is 15.4. The Labute approximate surface area is 163 Å². The Kier molecular flexibility index (Phi) is 6.23. The number of carbonyl (C=O) groups is 1. The number of ether oxygens (including phenoxy) is 4. The van der Waals surface area contributed by atoms with Gasteiger partial charge < -0.3 is 24.3 Å². The second-order valence-corrected chi connectivity index (χ2v) is 6.74. The third-order valence-corrected chi connectivity index (χ3v) is 4.80. The number of carbonyl (C=O) groups excluding carboxylic acids is 1. The minimum Gasteiger partial charge on any atom is -0.457 e. The summed E-state index contributed by atoms with van der Waals surface area (Å²) in [4.78, 5) is 20.3. The molecule has 1 N–H and O–H groups in total. The summed E-state index contributed by atoms with van der Waals surface area (Å²) in [5, 5.41) is 3.43. The molecule has 0 spiro atoms. The maximum atomic E-state index is 11.9. The van der Waals surface area contributed by atoms with Gasteiger partial charge in [0.05, 0.1) is 30.6 Å². The Hall–Kier alpha value is -2.39. The van der Waals surface area contributed by atoms with E-state index in [2.05, 4.69) is 15.3 Å². The van der Waals surface area contributed by atoms with Crippen LogP contribution < -0.4 is 5.32 Å². The number of hydrogen-bond acceptors (Lipinski definition) is 8. The Morgan fingerprint density at radius 2 is 1.79 bits per heavy atom. The van der Waals surface area contributed by atoms with Gasteiger partial charge >= 0.3 is 5.97 Å². The Morgan fingerprint density at radius 1 is 1.04 bits per heavy atom. The summed E-state index contributed by atoms with van der Waals surface area (Å²) in [5.41, 5.74) is 1.66. The topological polar surface area (TPSA) is 91.8 Å². The molecule has 0 bridgehead atoms. The van der Waals surface area contributed by atoms with E-state index in [4.69, 9.17) is 18.9 Å². The molecule has 0 radical (unpaired) electrons. The van der Waals surface area contributed by atoms with E-state index in [0.717, 1.165) is 5.69 Å².